The highest BCUT2D eigenvalue weighted by Gasteiger charge is 2.20. The van der Waals surface area contributed by atoms with Crippen LogP contribution in [0.4, 0.5) is 0 Å². The summed E-state index contributed by atoms with van der Waals surface area (Å²) in [5, 5.41) is 16.0. The number of methoxy groups -OCH3 is 1. The topological polar surface area (TPSA) is 154 Å². The first-order valence-corrected chi connectivity index (χ1v) is 7.72. The first-order chi connectivity index (χ1) is 9.76. The van der Waals surface area contributed by atoms with E-state index in [0.717, 1.165) is 4.68 Å². The number of ether oxygens (including phenoxy) is 1. The number of carbonyl (C=O) groups is 2. The van der Waals surface area contributed by atoms with Gasteiger partial charge in [0.15, 0.2) is 15.5 Å². The number of carboxylic acids is 1. The van der Waals surface area contributed by atoms with E-state index in [2.05, 4.69) is 10.3 Å². The van der Waals surface area contributed by atoms with Crippen molar-refractivity contribution in [1.29, 1.82) is 0 Å². The molecule has 0 unspecified atom stereocenters. The zero-order valence-corrected chi connectivity index (χ0v) is 12.2. The quantitative estimate of drug-likeness (QED) is 0.552. The maximum absolute atomic E-state index is 11.7. The van der Waals surface area contributed by atoms with E-state index >= 15 is 0 Å². The van der Waals surface area contributed by atoms with Gasteiger partial charge in [0.2, 0.25) is 5.91 Å². The van der Waals surface area contributed by atoms with Crippen molar-refractivity contribution in [3.8, 4) is 0 Å². The lowest BCUT2D eigenvalue weighted by Crippen LogP contribution is -2.22. The zero-order chi connectivity index (χ0) is 16.0. The van der Waals surface area contributed by atoms with Gasteiger partial charge in [0.1, 0.15) is 0 Å². The third-order valence-corrected chi connectivity index (χ3v) is 4.23. The number of aromatic nitrogens is 3. The molecule has 11 heteroatoms. The lowest BCUT2D eigenvalue weighted by atomic mass is 10.3. The van der Waals surface area contributed by atoms with E-state index in [1.165, 1.54) is 7.11 Å². The Kier molecular flexibility index (Phi) is 5.79. The summed E-state index contributed by atoms with van der Waals surface area (Å²) in [5.41, 5.74) is 4.78. The number of rotatable bonds is 9. The van der Waals surface area contributed by atoms with Crippen LogP contribution in [0.15, 0.2) is 0 Å². The summed E-state index contributed by atoms with van der Waals surface area (Å²) in [6, 6.07) is 0. The van der Waals surface area contributed by atoms with Gasteiger partial charge in [0, 0.05) is 13.5 Å². The molecule has 0 spiro atoms. The first kappa shape index (κ1) is 17.0. The van der Waals surface area contributed by atoms with Crippen LogP contribution in [-0.2, 0) is 32.5 Å². The van der Waals surface area contributed by atoms with E-state index in [1.807, 2.05) is 0 Å². The summed E-state index contributed by atoms with van der Waals surface area (Å²) in [7, 11) is -2.13. The van der Waals surface area contributed by atoms with Gasteiger partial charge in [-0.15, -0.1) is 5.10 Å². The van der Waals surface area contributed by atoms with E-state index in [9.17, 15) is 18.0 Å². The zero-order valence-electron chi connectivity index (χ0n) is 11.4. The van der Waals surface area contributed by atoms with Gasteiger partial charge in [-0.25, -0.2) is 17.9 Å². The predicted octanol–water partition coefficient (Wildman–Crippen LogP) is -1.59. The molecule has 0 atom stereocenters. The van der Waals surface area contributed by atoms with Gasteiger partial charge in [-0.05, 0) is 0 Å². The fourth-order valence-corrected chi connectivity index (χ4v) is 2.71. The molecule has 0 bridgehead atoms. The average molecular weight is 320 g/mol. The number of sulfone groups is 1. The molecule has 3 N–H and O–H groups in total. The lowest BCUT2D eigenvalue weighted by molar-refractivity contribution is -0.117. The van der Waals surface area contributed by atoms with Crippen molar-refractivity contribution >= 4 is 21.7 Å². The van der Waals surface area contributed by atoms with Crippen LogP contribution in [0.25, 0.3) is 0 Å². The van der Waals surface area contributed by atoms with Crippen molar-refractivity contribution in [2.45, 2.75) is 19.6 Å². The van der Waals surface area contributed by atoms with Crippen molar-refractivity contribution in [2.24, 2.45) is 5.73 Å². The highest BCUT2D eigenvalue weighted by molar-refractivity contribution is 7.91. The number of nitrogens with two attached hydrogens (primary N) is 1. The van der Waals surface area contributed by atoms with Gasteiger partial charge in [-0.2, -0.15) is 0 Å². The Bertz CT molecular complexity index is 623. The Hall–Kier alpha value is -2.01. The summed E-state index contributed by atoms with van der Waals surface area (Å²) in [4.78, 5) is 21.5. The Morgan fingerprint density at radius 2 is 2.05 bits per heavy atom. The molecule has 1 amide bonds. The lowest BCUT2D eigenvalue weighted by Gasteiger charge is -2.07. The van der Waals surface area contributed by atoms with Crippen LogP contribution < -0.4 is 5.73 Å². The van der Waals surface area contributed by atoms with Crippen LogP contribution in [0.3, 0.4) is 0 Å². The molecule has 21 heavy (non-hydrogen) atoms. The fourth-order valence-electron chi connectivity index (χ4n) is 1.54. The number of aromatic carboxylic acids is 1. The Morgan fingerprint density at radius 1 is 1.38 bits per heavy atom. The van der Waals surface area contributed by atoms with Crippen molar-refractivity contribution in [3.63, 3.8) is 0 Å². The van der Waals surface area contributed by atoms with Gasteiger partial charge >= 0.3 is 5.97 Å². The third kappa shape index (κ3) is 5.11. The number of primary amides is 1. The largest absolute Gasteiger partial charge is 0.476 e. The maximum Gasteiger partial charge on any atom is 0.358 e. The third-order valence-electron chi connectivity index (χ3n) is 2.59. The van der Waals surface area contributed by atoms with Gasteiger partial charge in [0.25, 0.3) is 0 Å². The number of amides is 1. The second kappa shape index (κ2) is 7.13. The van der Waals surface area contributed by atoms with Gasteiger partial charge in [-0.1, -0.05) is 5.21 Å². The molecule has 1 heterocycles. The molecule has 0 saturated carbocycles. The normalized spacial score (nSPS) is 11.5. The van der Waals surface area contributed by atoms with E-state index in [-0.39, 0.29) is 42.5 Å². The smallest absolute Gasteiger partial charge is 0.358 e. The number of aryl methyl sites for hydroxylation is 1. The van der Waals surface area contributed by atoms with Crippen LogP contribution in [0.2, 0.25) is 0 Å². The predicted molar refractivity (Wildman–Crippen MR) is 70.2 cm³/mol. The number of carboxylic acid groups (broad SMARTS) is 1. The van der Waals surface area contributed by atoms with Gasteiger partial charge in [-0.3, -0.25) is 4.79 Å². The van der Waals surface area contributed by atoms with E-state index in [0.29, 0.717) is 0 Å². The highest BCUT2D eigenvalue weighted by Crippen LogP contribution is 2.08. The first-order valence-electron chi connectivity index (χ1n) is 5.90. The highest BCUT2D eigenvalue weighted by atomic mass is 32.2. The van der Waals surface area contributed by atoms with E-state index < -0.39 is 21.7 Å². The molecular formula is C10H16N4O6S. The van der Waals surface area contributed by atoms with Gasteiger partial charge < -0.3 is 15.6 Å². The maximum atomic E-state index is 11.7. The second-order valence-electron chi connectivity index (χ2n) is 4.21. The van der Waals surface area contributed by atoms with Crippen LogP contribution in [0, 0.1) is 0 Å². The number of hydrogen-bond acceptors (Lipinski definition) is 7. The van der Waals surface area contributed by atoms with E-state index in [1.54, 1.807) is 0 Å². The Morgan fingerprint density at radius 3 is 2.57 bits per heavy atom. The summed E-state index contributed by atoms with van der Waals surface area (Å²) in [6.45, 7) is -0.143. The number of hydrogen-bond donors (Lipinski definition) is 2. The van der Waals surface area contributed by atoms with Crippen molar-refractivity contribution in [1.82, 2.24) is 15.0 Å². The summed E-state index contributed by atoms with van der Waals surface area (Å²) in [5.74, 6) is -2.64. The molecule has 0 aromatic carbocycles. The molecule has 1 aromatic rings. The minimum Gasteiger partial charge on any atom is -0.476 e. The molecule has 0 aliphatic rings. The molecule has 1 rings (SSSR count). The minimum absolute atomic E-state index is 0.0596. The molecule has 10 nitrogen and oxygen atoms in total. The van der Waals surface area contributed by atoms with Crippen LogP contribution in [0.1, 0.15) is 22.6 Å². The SMILES string of the molecule is COCc1c(C(=O)O)nnn1CCS(=O)(=O)CCC(N)=O. The molecule has 0 aliphatic carbocycles. The Balaban J connectivity index is 2.79. The molecular weight excluding hydrogens is 304 g/mol. The molecule has 1 aromatic heterocycles. The standard InChI is InChI=1S/C10H16N4O6S/c1-20-6-7-9(10(16)17)12-13-14(7)3-5-21(18,19)4-2-8(11)15/h2-6H2,1H3,(H2,11,15)(H,16,17). The van der Waals surface area contributed by atoms with Crippen LogP contribution in [-0.4, -0.2) is 59.0 Å². The summed E-state index contributed by atoms with van der Waals surface area (Å²) in [6.07, 6.45) is -0.259. The molecule has 0 fully saturated rings. The monoisotopic (exact) mass is 320 g/mol. The second-order valence-corrected chi connectivity index (χ2v) is 6.52. The summed E-state index contributed by atoms with van der Waals surface area (Å²) >= 11 is 0. The van der Waals surface area contributed by atoms with Crippen LogP contribution >= 0.6 is 0 Å². The average Bonchev–Trinajstić information content (AvgIpc) is 2.78. The molecule has 118 valence electrons. The van der Waals surface area contributed by atoms with Crippen molar-refractivity contribution in [2.75, 3.05) is 18.6 Å². The fraction of sp³-hybridized carbons (Fsp3) is 0.600. The molecule has 0 radical (unpaired) electrons. The van der Waals surface area contributed by atoms with Crippen molar-refractivity contribution < 1.29 is 27.9 Å². The molecule has 0 aliphatic heterocycles. The van der Waals surface area contributed by atoms with Crippen molar-refractivity contribution in [3.05, 3.63) is 11.4 Å². The van der Waals surface area contributed by atoms with Crippen LogP contribution in [0.5, 0.6) is 0 Å². The molecule has 0 saturated heterocycles. The minimum atomic E-state index is -3.50. The van der Waals surface area contributed by atoms with E-state index in [4.69, 9.17) is 15.6 Å². The Labute approximate surface area is 120 Å². The van der Waals surface area contributed by atoms with Gasteiger partial charge in [0.05, 0.1) is 30.4 Å². The summed E-state index contributed by atoms with van der Waals surface area (Å²) < 4.78 is 29.4. The number of carbonyl (C=O) groups excluding carboxylic acids is 1. The number of nitrogens with zero attached hydrogens (tertiary/aromatic N) is 3.